The van der Waals surface area contributed by atoms with Crippen LogP contribution in [-0.2, 0) is 17.5 Å². The van der Waals surface area contributed by atoms with Crippen LogP contribution in [0.1, 0.15) is 5.56 Å². The van der Waals surface area contributed by atoms with E-state index in [0.717, 1.165) is 26.9 Å². The van der Waals surface area contributed by atoms with Gasteiger partial charge in [0.1, 0.15) is 19.0 Å². The molecule has 0 unspecified atom stereocenters. The third kappa shape index (κ3) is 3.82. The minimum Gasteiger partial charge on any atom is -0.334 e. The van der Waals surface area contributed by atoms with Crippen molar-refractivity contribution in [2.45, 2.75) is 18.4 Å². The monoisotopic (exact) mass is 460 g/mol. The Morgan fingerprint density at radius 3 is 2.55 bits per heavy atom. The lowest BCUT2D eigenvalue weighted by molar-refractivity contribution is -0.147. The second-order valence-corrected chi connectivity index (χ2v) is 8.28. The lowest BCUT2D eigenvalue weighted by Crippen LogP contribution is -2.62. The molecule has 164 valence electrons. The highest BCUT2D eigenvalue weighted by Crippen LogP contribution is 2.37. The second-order valence-electron chi connectivity index (χ2n) is 7.36. The summed E-state index contributed by atoms with van der Waals surface area (Å²) in [6, 6.07) is 4.00. The lowest BCUT2D eigenvalue weighted by Gasteiger charge is -2.42. The maximum Gasteiger partial charge on any atom is 0.419 e. The van der Waals surface area contributed by atoms with Gasteiger partial charge >= 0.3 is 6.18 Å². The van der Waals surface area contributed by atoms with Crippen LogP contribution < -0.4 is 5.56 Å². The van der Waals surface area contributed by atoms with Gasteiger partial charge in [0, 0.05) is 21.8 Å². The summed E-state index contributed by atoms with van der Waals surface area (Å²) in [4.78, 5) is 26.3. The van der Waals surface area contributed by atoms with Crippen molar-refractivity contribution in [2.75, 3.05) is 19.8 Å². The van der Waals surface area contributed by atoms with Crippen LogP contribution >= 0.6 is 11.3 Å². The number of hydrogen-bond donors (Lipinski definition) is 0. The Kier molecular flexibility index (Phi) is 5.11. The third-order valence-electron chi connectivity index (χ3n) is 5.13. The van der Waals surface area contributed by atoms with Crippen LogP contribution in [0, 0.1) is 5.82 Å². The molecule has 4 rings (SSSR count). The molecule has 0 saturated carbocycles. The van der Waals surface area contributed by atoms with E-state index in [2.05, 4.69) is 0 Å². The van der Waals surface area contributed by atoms with Crippen molar-refractivity contribution in [1.82, 2.24) is 9.47 Å². The highest BCUT2D eigenvalue weighted by Gasteiger charge is 2.45. The van der Waals surface area contributed by atoms with Crippen molar-refractivity contribution in [1.29, 1.82) is 0 Å². The molecule has 3 aromatic rings. The Bertz CT molecular complexity index is 1230. The van der Waals surface area contributed by atoms with Crippen molar-refractivity contribution in [3.8, 4) is 11.1 Å². The number of alkyl halides is 5. The predicted octanol–water partition coefficient (Wildman–Crippen LogP) is 4.41. The molecular formula is C20H14F6N2O2S. The van der Waals surface area contributed by atoms with Gasteiger partial charge in [-0.25, -0.2) is 13.2 Å². The summed E-state index contributed by atoms with van der Waals surface area (Å²) < 4.78 is 80.6. The summed E-state index contributed by atoms with van der Waals surface area (Å²) in [5, 5.41) is 1.58. The summed E-state index contributed by atoms with van der Waals surface area (Å²) in [6.07, 6.45) is -3.55. The standard InChI is InChI=1S/C20H14F6N2O2S/c21-8-19(23)9-28(10-19)16(29)6-27-4-3-15-17(18(27)30)12(7-31-15)11-1-2-14(22)13(5-11)20(24,25)26/h1-5,7H,6,8-10H2. The summed E-state index contributed by atoms with van der Waals surface area (Å²) in [5.74, 6) is -2.01. The van der Waals surface area contributed by atoms with Gasteiger partial charge in [-0.05, 0) is 23.8 Å². The van der Waals surface area contributed by atoms with E-state index in [4.69, 9.17) is 0 Å². The molecule has 0 N–H and O–H groups in total. The number of halogens is 6. The summed E-state index contributed by atoms with van der Waals surface area (Å²) in [6.45, 7) is -2.44. The van der Waals surface area contributed by atoms with Crippen LogP contribution in [0.25, 0.3) is 21.2 Å². The molecule has 3 heterocycles. The number of likely N-dealkylation sites (tertiary alicyclic amines) is 1. The predicted molar refractivity (Wildman–Crippen MR) is 103 cm³/mol. The number of aromatic nitrogens is 1. The highest BCUT2D eigenvalue weighted by atomic mass is 32.1. The molecule has 1 aromatic carbocycles. The molecule has 1 saturated heterocycles. The average Bonchev–Trinajstić information content (AvgIpc) is 3.12. The van der Waals surface area contributed by atoms with E-state index in [1.54, 1.807) is 0 Å². The first kappa shape index (κ1) is 21.4. The normalized spacial score (nSPS) is 15.9. The molecule has 4 nitrogen and oxygen atoms in total. The van der Waals surface area contributed by atoms with Crippen molar-refractivity contribution in [3.05, 3.63) is 57.6 Å². The topological polar surface area (TPSA) is 42.3 Å². The van der Waals surface area contributed by atoms with E-state index < -0.39 is 61.0 Å². The maximum atomic E-state index is 13.7. The maximum absolute atomic E-state index is 13.7. The van der Waals surface area contributed by atoms with Crippen molar-refractivity contribution in [3.63, 3.8) is 0 Å². The number of rotatable bonds is 4. The number of nitrogens with zero attached hydrogens (tertiary/aromatic N) is 2. The minimum absolute atomic E-state index is 0.00838. The molecule has 31 heavy (non-hydrogen) atoms. The Hall–Kier alpha value is -2.82. The van der Waals surface area contributed by atoms with Crippen LogP contribution in [0.2, 0.25) is 0 Å². The number of amides is 1. The molecule has 2 aromatic heterocycles. The summed E-state index contributed by atoms with van der Waals surface area (Å²) >= 11 is 1.12. The molecule has 0 atom stereocenters. The molecule has 1 aliphatic rings. The molecule has 11 heteroatoms. The van der Waals surface area contributed by atoms with Gasteiger partial charge < -0.3 is 9.47 Å². The van der Waals surface area contributed by atoms with E-state index in [-0.39, 0.29) is 16.5 Å². The zero-order valence-corrected chi connectivity index (χ0v) is 16.5. The molecule has 0 aliphatic carbocycles. The fourth-order valence-corrected chi connectivity index (χ4v) is 4.43. The number of benzene rings is 1. The highest BCUT2D eigenvalue weighted by molar-refractivity contribution is 7.17. The molecule has 1 aliphatic heterocycles. The smallest absolute Gasteiger partial charge is 0.334 e. The van der Waals surface area contributed by atoms with E-state index in [1.165, 1.54) is 17.6 Å². The first-order valence-corrected chi connectivity index (χ1v) is 9.91. The lowest BCUT2D eigenvalue weighted by atomic mass is 9.98. The average molecular weight is 460 g/mol. The van der Waals surface area contributed by atoms with Gasteiger partial charge in [-0.15, -0.1) is 11.3 Å². The van der Waals surface area contributed by atoms with Crippen LogP contribution in [0.3, 0.4) is 0 Å². The van der Waals surface area contributed by atoms with Gasteiger partial charge in [0.2, 0.25) is 5.91 Å². The molecule has 0 radical (unpaired) electrons. The zero-order valence-electron chi connectivity index (χ0n) is 15.7. The van der Waals surface area contributed by atoms with Gasteiger partial charge in [0.05, 0.1) is 24.0 Å². The van der Waals surface area contributed by atoms with E-state index in [0.29, 0.717) is 16.8 Å². The fraction of sp³-hybridized carbons (Fsp3) is 0.300. The number of carbonyl (C=O) groups excluding carboxylic acids is 1. The number of hydrogen-bond acceptors (Lipinski definition) is 3. The number of fused-ring (bicyclic) bond motifs is 1. The van der Waals surface area contributed by atoms with Crippen molar-refractivity contribution >= 4 is 27.3 Å². The number of pyridine rings is 1. The van der Waals surface area contributed by atoms with Gasteiger partial charge in [0.25, 0.3) is 5.56 Å². The van der Waals surface area contributed by atoms with E-state index >= 15 is 0 Å². The zero-order chi connectivity index (χ0) is 22.6. The largest absolute Gasteiger partial charge is 0.419 e. The summed E-state index contributed by atoms with van der Waals surface area (Å²) in [7, 11) is 0. The van der Waals surface area contributed by atoms with Crippen LogP contribution in [0.5, 0.6) is 0 Å². The van der Waals surface area contributed by atoms with Crippen LogP contribution in [0.15, 0.2) is 40.6 Å². The second kappa shape index (κ2) is 7.40. The van der Waals surface area contributed by atoms with Crippen molar-refractivity contribution < 1.29 is 31.1 Å². The minimum atomic E-state index is -4.90. The SMILES string of the molecule is O=C(Cn1ccc2scc(-c3ccc(F)c(C(F)(F)F)c3)c2c1=O)N1CC(F)(CF)C1. The molecular weight excluding hydrogens is 446 g/mol. The molecule has 0 bridgehead atoms. The Morgan fingerprint density at radius 1 is 1.19 bits per heavy atom. The van der Waals surface area contributed by atoms with Crippen LogP contribution in [0.4, 0.5) is 26.3 Å². The van der Waals surface area contributed by atoms with Crippen LogP contribution in [-0.4, -0.2) is 40.8 Å². The quantitative estimate of drug-likeness (QED) is 0.542. The number of thiophene rings is 1. The first-order chi connectivity index (χ1) is 14.5. The van der Waals surface area contributed by atoms with Gasteiger partial charge in [-0.1, -0.05) is 6.07 Å². The van der Waals surface area contributed by atoms with Gasteiger partial charge in [-0.2, -0.15) is 13.2 Å². The van der Waals surface area contributed by atoms with Crippen molar-refractivity contribution in [2.24, 2.45) is 0 Å². The Morgan fingerprint density at radius 2 is 1.90 bits per heavy atom. The molecule has 0 spiro atoms. The van der Waals surface area contributed by atoms with Gasteiger partial charge in [-0.3, -0.25) is 9.59 Å². The number of carbonyl (C=O) groups is 1. The first-order valence-electron chi connectivity index (χ1n) is 9.03. The van der Waals surface area contributed by atoms with E-state index in [9.17, 15) is 35.9 Å². The molecule has 1 amide bonds. The fourth-order valence-electron chi connectivity index (χ4n) is 3.48. The third-order valence-corrected chi connectivity index (χ3v) is 6.08. The molecule has 1 fully saturated rings. The Balaban J connectivity index is 1.69. The van der Waals surface area contributed by atoms with E-state index in [1.807, 2.05) is 0 Å². The van der Waals surface area contributed by atoms with Gasteiger partial charge in [0.15, 0.2) is 5.67 Å². The summed E-state index contributed by atoms with van der Waals surface area (Å²) in [5.41, 5.74) is -3.95. The Labute approximate surface area is 175 Å².